The summed E-state index contributed by atoms with van der Waals surface area (Å²) in [6, 6.07) is 10.8. The fourth-order valence-electron chi connectivity index (χ4n) is 2.42. The van der Waals surface area contributed by atoms with E-state index in [0.29, 0.717) is 11.5 Å². The number of hydrogen-bond donors (Lipinski definition) is 1. The van der Waals surface area contributed by atoms with E-state index < -0.39 is 16.0 Å². The highest BCUT2D eigenvalue weighted by atomic mass is 79.9. The number of carbonyl (C=O) groups excluding carboxylic acids is 1. The van der Waals surface area contributed by atoms with Crippen molar-refractivity contribution in [3.63, 3.8) is 0 Å². The first-order valence-corrected chi connectivity index (χ1v) is 10.5. The summed E-state index contributed by atoms with van der Waals surface area (Å²) in [6.07, 6.45) is 0. The van der Waals surface area contributed by atoms with Crippen LogP contribution in [-0.2, 0) is 14.8 Å². The highest BCUT2D eigenvalue weighted by Crippen LogP contribution is 2.31. The maximum absolute atomic E-state index is 12.9. The molecule has 1 N–H and O–H groups in total. The summed E-state index contributed by atoms with van der Waals surface area (Å²) in [4.78, 5) is 11.8. The first-order chi connectivity index (χ1) is 13.3. The van der Waals surface area contributed by atoms with Crippen molar-refractivity contribution in [2.24, 2.45) is 0 Å². The second-order valence-corrected chi connectivity index (χ2v) is 8.15. The number of benzene rings is 2. The Kier molecular flexibility index (Phi) is 5.80. The summed E-state index contributed by atoms with van der Waals surface area (Å²) < 4.78 is 38.9. The first kappa shape index (κ1) is 20.0. The van der Waals surface area contributed by atoms with Crippen LogP contribution in [0.2, 0.25) is 0 Å². The summed E-state index contributed by atoms with van der Waals surface area (Å²) in [6.45, 7) is 3.56. The number of carbonyl (C=O) groups is 1. The zero-order valence-electron chi connectivity index (χ0n) is 15.0. The lowest BCUT2D eigenvalue weighted by Crippen LogP contribution is -2.15. The lowest BCUT2D eigenvalue weighted by atomic mass is 10.2. The molecule has 0 aliphatic rings. The first-order valence-electron chi connectivity index (χ1n) is 8.21. The van der Waals surface area contributed by atoms with Crippen molar-refractivity contribution in [2.45, 2.75) is 18.7 Å². The molecule has 28 heavy (non-hydrogen) atoms. The van der Waals surface area contributed by atoms with E-state index in [2.05, 4.69) is 30.8 Å². The second-order valence-electron chi connectivity index (χ2n) is 5.64. The third-order valence-corrected chi connectivity index (χ3v) is 6.00. The minimum absolute atomic E-state index is 0.0305. The van der Waals surface area contributed by atoms with E-state index in [9.17, 15) is 13.2 Å². The van der Waals surface area contributed by atoms with E-state index in [1.807, 2.05) is 0 Å². The molecule has 0 spiro atoms. The van der Waals surface area contributed by atoms with Gasteiger partial charge in [0.2, 0.25) is 11.8 Å². The highest BCUT2D eigenvalue weighted by molar-refractivity contribution is 9.10. The molecule has 1 heterocycles. The van der Waals surface area contributed by atoms with Crippen molar-refractivity contribution in [3.05, 3.63) is 58.4 Å². The fraction of sp³-hybridized carbons (Fsp3) is 0.167. The Labute approximate surface area is 170 Å². The van der Waals surface area contributed by atoms with E-state index in [1.165, 1.54) is 18.2 Å². The molecule has 0 fully saturated rings. The summed E-state index contributed by atoms with van der Waals surface area (Å²) in [7, 11) is -3.96. The number of rotatable bonds is 6. The van der Waals surface area contributed by atoms with Crippen LogP contribution in [0.15, 0.2) is 56.2 Å². The van der Waals surface area contributed by atoms with Crippen LogP contribution in [0.5, 0.6) is 0 Å². The minimum Gasteiger partial charge on any atom is -0.462 e. The Balaban J connectivity index is 1.94. The van der Waals surface area contributed by atoms with Crippen LogP contribution in [0.1, 0.15) is 23.2 Å². The largest absolute Gasteiger partial charge is 0.462 e. The molecule has 0 aliphatic carbocycles. The van der Waals surface area contributed by atoms with Crippen molar-refractivity contribution < 1.29 is 22.4 Å². The lowest BCUT2D eigenvalue weighted by Gasteiger charge is -2.12. The summed E-state index contributed by atoms with van der Waals surface area (Å²) in [5, 5.41) is 7.70. The van der Waals surface area contributed by atoms with Crippen LogP contribution in [0.3, 0.4) is 0 Å². The Hall–Kier alpha value is -2.72. The molecule has 0 unspecified atom stereocenters. The average molecular weight is 466 g/mol. The zero-order chi connectivity index (χ0) is 20.3. The van der Waals surface area contributed by atoms with E-state index in [4.69, 9.17) is 9.15 Å². The minimum atomic E-state index is -3.96. The molecule has 10 heteroatoms. The molecule has 0 saturated heterocycles. The van der Waals surface area contributed by atoms with Gasteiger partial charge in [0.15, 0.2) is 0 Å². The third kappa shape index (κ3) is 4.23. The summed E-state index contributed by atoms with van der Waals surface area (Å²) >= 11 is 3.21. The number of aromatic nitrogens is 2. The van der Waals surface area contributed by atoms with Crippen LogP contribution in [0.25, 0.3) is 11.5 Å². The number of nitrogens with zero attached hydrogens (tertiary/aromatic N) is 2. The molecule has 0 aliphatic heterocycles. The van der Waals surface area contributed by atoms with Gasteiger partial charge in [-0.3, -0.25) is 4.72 Å². The Morgan fingerprint density at radius 3 is 2.61 bits per heavy atom. The molecule has 0 atom stereocenters. The van der Waals surface area contributed by atoms with Gasteiger partial charge in [0.25, 0.3) is 10.0 Å². The number of sulfonamides is 1. The van der Waals surface area contributed by atoms with Gasteiger partial charge in [-0.1, -0.05) is 12.1 Å². The molecular weight excluding hydrogens is 450 g/mol. The van der Waals surface area contributed by atoms with E-state index in [-0.39, 0.29) is 33.1 Å². The van der Waals surface area contributed by atoms with Gasteiger partial charge in [0, 0.05) is 11.4 Å². The molecule has 8 nitrogen and oxygen atoms in total. The lowest BCUT2D eigenvalue weighted by molar-refractivity contribution is 0.0526. The van der Waals surface area contributed by atoms with Gasteiger partial charge in [0.05, 0.1) is 23.4 Å². The Morgan fingerprint density at radius 2 is 1.96 bits per heavy atom. The van der Waals surface area contributed by atoms with Gasteiger partial charge in [-0.05, 0) is 53.2 Å². The van der Waals surface area contributed by atoms with E-state index in [0.717, 1.165) is 0 Å². The molecule has 0 saturated carbocycles. The average Bonchev–Trinajstić information content (AvgIpc) is 3.08. The van der Waals surface area contributed by atoms with Crippen molar-refractivity contribution in [1.82, 2.24) is 10.2 Å². The zero-order valence-corrected chi connectivity index (χ0v) is 17.4. The van der Waals surface area contributed by atoms with Crippen molar-refractivity contribution in [3.8, 4) is 11.5 Å². The fourth-order valence-corrected chi connectivity index (χ4v) is 4.58. The number of para-hydroxylation sites is 1. The maximum Gasteiger partial charge on any atom is 0.338 e. The summed E-state index contributed by atoms with van der Waals surface area (Å²) in [5.41, 5.74) is 0.980. The Bertz CT molecular complexity index is 1130. The van der Waals surface area contributed by atoms with Crippen LogP contribution in [0, 0.1) is 6.92 Å². The monoisotopic (exact) mass is 465 g/mol. The van der Waals surface area contributed by atoms with Gasteiger partial charge in [0.1, 0.15) is 4.90 Å². The summed E-state index contributed by atoms with van der Waals surface area (Å²) in [5.74, 6) is 0.0368. The number of ether oxygens (including phenoxy) is 1. The molecule has 0 bridgehead atoms. The smallest absolute Gasteiger partial charge is 0.338 e. The number of nitrogens with one attached hydrogen (secondary N) is 1. The normalized spacial score (nSPS) is 11.2. The van der Waals surface area contributed by atoms with Gasteiger partial charge in [-0.25, -0.2) is 13.2 Å². The van der Waals surface area contributed by atoms with Gasteiger partial charge in [-0.2, -0.15) is 0 Å². The number of anilines is 1. The number of halogens is 1. The van der Waals surface area contributed by atoms with Crippen LogP contribution in [0.4, 0.5) is 5.69 Å². The van der Waals surface area contributed by atoms with Gasteiger partial charge < -0.3 is 9.15 Å². The molecule has 0 radical (unpaired) electrons. The van der Waals surface area contributed by atoms with Crippen molar-refractivity contribution in [1.29, 1.82) is 0 Å². The molecule has 0 amide bonds. The van der Waals surface area contributed by atoms with Crippen LogP contribution >= 0.6 is 15.9 Å². The number of aryl methyl sites for hydroxylation is 1. The standard InChI is InChI=1S/C18H16BrN3O5S/c1-3-26-18(23)12-8-9-16(14(19)10-12)28(24,25)22-15-7-5-4-6-13(15)17-21-20-11(2)27-17/h4-10,22H,3H2,1-2H3. The van der Waals surface area contributed by atoms with Crippen molar-refractivity contribution >= 4 is 37.6 Å². The van der Waals surface area contributed by atoms with E-state index >= 15 is 0 Å². The SMILES string of the molecule is CCOC(=O)c1ccc(S(=O)(=O)Nc2ccccc2-c2nnc(C)o2)c(Br)c1. The molecule has 146 valence electrons. The van der Waals surface area contributed by atoms with Gasteiger partial charge >= 0.3 is 5.97 Å². The predicted octanol–water partition coefficient (Wildman–Crippen LogP) is 3.79. The topological polar surface area (TPSA) is 111 Å². The predicted molar refractivity (Wildman–Crippen MR) is 105 cm³/mol. The molecule has 3 rings (SSSR count). The number of esters is 1. The van der Waals surface area contributed by atoms with E-state index in [1.54, 1.807) is 38.1 Å². The molecular formula is C18H16BrN3O5S. The van der Waals surface area contributed by atoms with Crippen molar-refractivity contribution in [2.75, 3.05) is 11.3 Å². The second kappa shape index (κ2) is 8.11. The third-order valence-electron chi connectivity index (χ3n) is 3.66. The molecule has 1 aromatic heterocycles. The number of hydrogen-bond acceptors (Lipinski definition) is 7. The van der Waals surface area contributed by atoms with Crippen LogP contribution in [-0.4, -0.2) is 31.2 Å². The maximum atomic E-state index is 12.9. The Morgan fingerprint density at radius 1 is 1.21 bits per heavy atom. The molecule has 3 aromatic rings. The molecule has 2 aromatic carbocycles. The highest BCUT2D eigenvalue weighted by Gasteiger charge is 2.22. The van der Waals surface area contributed by atoms with Crippen LogP contribution < -0.4 is 4.72 Å². The quantitative estimate of drug-likeness (QED) is 0.551. The van der Waals surface area contributed by atoms with Gasteiger partial charge in [-0.15, -0.1) is 10.2 Å².